The Labute approximate surface area is 162 Å². The number of benzene rings is 2. The molecule has 2 aromatic carbocycles. The number of amides is 2. The predicted molar refractivity (Wildman–Crippen MR) is 99.7 cm³/mol. The summed E-state index contributed by atoms with van der Waals surface area (Å²) in [4.78, 5) is 23.3. The number of anilines is 1. The molecule has 0 saturated heterocycles. The summed E-state index contributed by atoms with van der Waals surface area (Å²) in [6.45, 7) is 0. The van der Waals surface area contributed by atoms with E-state index < -0.39 is 44.1 Å². The first kappa shape index (κ1) is 19.6. The van der Waals surface area contributed by atoms with Crippen LogP contribution in [0.4, 0.5) is 14.5 Å². The molecule has 0 bridgehead atoms. The third kappa shape index (κ3) is 4.07. The standard InChI is InChI=1S/C18H12F2N2O4S2/c19-13-5-2-1-4-12(13)18(24)21-14-6-3-7-15(16(14)20)28(25,26)22-17(23)11-8-9-27-10-11/h1-10H,(H,21,24)(H,22,23). The SMILES string of the molecule is O=C(NS(=O)(=O)c1cccc(NC(=O)c2ccccc2F)c1F)c1ccsc1. The van der Waals surface area contributed by atoms with Gasteiger partial charge in [0.1, 0.15) is 10.7 Å². The summed E-state index contributed by atoms with van der Waals surface area (Å²) in [6.07, 6.45) is 0. The zero-order valence-electron chi connectivity index (χ0n) is 14.0. The Morgan fingerprint density at radius 3 is 2.36 bits per heavy atom. The van der Waals surface area contributed by atoms with Crippen molar-refractivity contribution in [3.63, 3.8) is 0 Å². The molecule has 28 heavy (non-hydrogen) atoms. The molecule has 6 nitrogen and oxygen atoms in total. The van der Waals surface area contributed by atoms with Crippen molar-refractivity contribution >= 4 is 38.9 Å². The number of carbonyl (C=O) groups excluding carboxylic acids is 2. The van der Waals surface area contributed by atoms with E-state index in [0.29, 0.717) is 0 Å². The molecule has 0 unspecified atom stereocenters. The van der Waals surface area contributed by atoms with Crippen molar-refractivity contribution in [1.29, 1.82) is 0 Å². The maximum absolute atomic E-state index is 14.7. The molecule has 3 aromatic rings. The molecule has 1 heterocycles. The first-order valence-corrected chi connectivity index (χ1v) is 10.2. The lowest BCUT2D eigenvalue weighted by Crippen LogP contribution is -2.31. The number of hydrogen-bond acceptors (Lipinski definition) is 5. The molecule has 10 heteroatoms. The molecule has 2 amide bonds. The molecule has 0 aliphatic heterocycles. The van der Waals surface area contributed by atoms with Gasteiger partial charge in [-0.15, -0.1) is 0 Å². The molecule has 0 fully saturated rings. The molecule has 3 rings (SSSR count). The van der Waals surface area contributed by atoms with Crippen molar-refractivity contribution in [2.24, 2.45) is 0 Å². The van der Waals surface area contributed by atoms with Crippen molar-refractivity contribution in [3.05, 3.63) is 82.1 Å². The molecular formula is C18H12F2N2O4S2. The van der Waals surface area contributed by atoms with Gasteiger partial charge in [-0.3, -0.25) is 9.59 Å². The zero-order valence-corrected chi connectivity index (χ0v) is 15.6. The van der Waals surface area contributed by atoms with Gasteiger partial charge in [0.2, 0.25) is 0 Å². The van der Waals surface area contributed by atoms with E-state index in [1.165, 1.54) is 47.0 Å². The number of carbonyl (C=O) groups is 2. The van der Waals surface area contributed by atoms with Gasteiger partial charge < -0.3 is 5.32 Å². The maximum Gasteiger partial charge on any atom is 0.267 e. The van der Waals surface area contributed by atoms with Gasteiger partial charge in [-0.05, 0) is 35.7 Å². The van der Waals surface area contributed by atoms with Gasteiger partial charge in [-0.2, -0.15) is 11.3 Å². The largest absolute Gasteiger partial charge is 0.319 e. The predicted octanol–water partition coefficient (Wildman–Crippen LogP) is 3.40. The van der Waals surface area contributed by atoms with Crippen molar-refractivity contribution in [3.8, 4) is 0 Å². The zero-order chi connectivity index (χ0) is 20.3. The fraction of sp³-hybridized carbons (Fsp3) is 0. The van der Waals surface area contributed by atoms with Crippen LogP contribution in [0.3, 0.4) is 0 Å². The Balaban J connectivity index is 1.87. The molecule has 144 valence electrons. The fourth-order valence-corrected chi connectivity index (χ4v) is 3.99. The first-order chi connectivity index (χ1) is 13.3. The van der Waals surface area contributed by atoms with E-state index in [0.717, 1.165) is 18.2 Å². The molecule has 0 aliphatic rings. The third-order valence-corrected chi connectivity index (χ3v) is 5.66. The van der Waals surface area contributed by atoms with E-state index >= 15 is 0 Å². The lowest BCUT2D eigenvalue weighted by Gasteiger charge is -2.11. The molecule has 0 atom stereocenters. The summed E-state index contributed by atoms with van der Waals surface area (Å²) in [5.41, 5.74) is -0.696. The van der Waals surface area contributed by atoms with Crippen LogP contribution in [-0.4, -0.2) is 20.2 Å². The van der Waals surface area contributed by atoms with Crippen molar-refractivity contribution in [2.75, 3.05) is 5.32 Å². The van der Waals surface area contributed by atoms with Crippen LogP contribution in [0.5, 0.6) is 0 Å². The van der Waals surface area contributed by atoms with E-state index in [1.54, 1.807) is 10.1 Å². The Kier molecular flexibility index (Phi) is 5.52. The molecule has 0 radical (unpaired) electrons. The number of sulfonamides is 1. The number of nitrogens with one attached hydrogen (secondary N) is 2. The Hall–Kier alpha value is -3.11. The number of rotatable bonds is 5. The minimum atomic E-state index is -4.54. The lowest BCUT2D eigenvalue weighted by atomic mass is 10.2. The Morgan fingerprint density at radius 2 is 1.68 bits per heavy atom. The van der Waals surface area contributed by atoms with E-state index in [2.05, 4.69) is 5.32 Å². The van der Waals surface area contributed by atoms with E-state index in [9.17, 15) is 26.8 Å². The summed E-state index contributed by atoms with van der Waals surface area (Å²) >= 11 is 1.19. The summed E-state index contributed by atoms with van der Waals surface area (Å²) < 4.78 is 54.9. The molecule has 2 N–H and O–H groups in total. The molecular weight excluding hydrogens is 410 g/mol. The Bertz CT molecular complexity index is 1150. The van der Waals surface area contributed by atoms with Gasteiger partial charge in [0, 0.05) is 5.38 Å². The monoisotopic (exact) mass is 422 g/mol. The van der Waals surface area contributed by atoms with Gasteiger partial charge in [-0.25, -0.2) is 21.9 Å². The highest BCUT2D eigenvalue weighted by molar-refractivity contribution is 7.90. The average molecular weight is 422 g/mol. The summed E-state index contributed by atoms with van der Waals surface area (Å²) in [6, 6.07) is 9.73. The second-order valence-corrected chi connectivity index (χ2v) is 7.93. The van der Waals surface area contributed by atoms with Gasteiger partial charge in [0.25, 0.3) is 21.8 Å². The Morgan fingerprint density at radius 1 is 0.929 bits per heavy atom. The van der Waals surface area contributed by atoms with Crippen LogP contribution < -0.4 is 10.0 Å². The van der Waals surface area contributed by atoms with E-state index in [-0.39, 0.29) is 11.1 Å². The molecule has 0 saturated carbocycles. The molecule has 0 spiro atoms. The minimum absolute atomic E-state index is 0.109. The summed E-state index contributed by atoms with van der Waals surface area (Å²) in [7, 11) is -4.54. The van der Waals surface area contributed by atoms with Crippen molar-refractivity contribution in [2.45, 2.75) is 4.90 Å². The van der Waals surface area contributed by atoms with Gasteiger partial charge in [0.15, 0.2) is 5.82 Å². The van der Waals surface area contributed by atoms with Crippen LogP contribution >= 0.6 is 11.3 Å². The van der Waals surface area contributed by atoms with Crippen LogP contribution in [0.2, 0.25) is 0 Å². The quantitative estimate of drug-likeness (QED) is 0.659. The van der Waals surface area contributed by atoms with Crippen molar-refractivity contribution < 1.29 is 26.8 Å². The lowest BCUT2D eigenvalue weighted by molar-refractivity contribution is 0.0979. The fourth-order valence-electron chi connectivity index (χ4n) is 2.28. The summed E-state index contributed by atoms with van der Waals surface area (Å²) in [5, 5.41) is 5.15. The van der Waals surface area contributed by atoms with Crippen molar-refractivity contribution in [1.82, 2.24) is 4.72 Å². The second kappa shape index (κ2) is 7.87. The minimum Gasteiger partial charge on any atom is -0.319 e. The van der Waals surface area contributed by atoms with E-state index in [1.807, 2.05) is 0 Å². The number of hydrogen-bond donors (Lipinski definition) is 2. The normalized spacial score (nSPS) is 11.1. The smallest absolute Gasteiger partial charge is 0.267 e. The van der Waals surface area contributed by atoms with Gasteiger partial charge in [0.05, 0.1) is 16.8 Å². The van der Waals surface area contributed by atoms with Crippen LogP contribution in [0.15, 0.2) is 64.2 Å². The highest BCUT2D eigenvalue weighted by Crippen LogP contribution is 2.23. The number of thiophene rings is 1. The van der Waals surface area contributed by atoms with E-state index in [4.69, 9.17) is 0 Å². The van der Waals surface area contributed by atoms with Gasteiger partial charge in [-0.1, -0.05) is 18.2 Å². The molecule has 1 aromatic heterocycles. The van der Waals surface area contributed by atoms with Crippen LogP contribution in [-0.2, 0) is 10.0 Å². The maximum atomic E-state index is 14.7. The van der Waals surface area contributed by atoms with Crippen LogP contribution in [0.1, 0.15) is 20.7 Å². The second-order valence-electron chi connectivity index (χ2n) is 5.50. The van der Waals surface area contributed by atoms with Crippen LogP contribution in [0.25, 0.3) is 0 Å². The topological polar surface area (TPSA) is 92.3 Å². The third-order valence-electron chi connectivity index (χ3n) is 3.63. The average Bonchev–Trinajstić information content (AvgIpc) is 3.18. The highest BCUT2D eigenvalue weighted by Gasteiger charge is 2.25. The molecule has 0 aliphatic carbocycles. The number of halogens is 2. The van der Waals surface area contributed by atoms with Crippen LogP contribution in [0, 0.1) is 11.6 Å². The van der Waals surface area contributed by atoms with Gasteiger partial charge >= 0.3 is 0 Å². The summed E-state index contributed by atoms with van der Waals surface area (Å²) in [5.74, 6) is -3.96. The first-order valence-electron chi connectivity index (χ1n) is 7.73. The highest BCUT2D eigenvalue weighted by atomic mass is 32.2.